The first kappa shape index (κ1) is 34.1. The number of Topliss-reactive ketones (excluding diaryl/α,β-unsaturated/α-hetero) is 1. The Morgan fingerprint density at radius 1 is 1.00 bits per heavy atom. The van der Waals surface area contributed by atoms with Gasteiger partial charge in [0.25, 0.3) is 0 Å². The van der Waals surface area contributed by atoms with Gasteiger partial charge in [0.1, 0.15) is 29.5 Å². The van der Waals surface area contributed by atoms with Gasteiger partial charge in [0.15, 0.2) is 11.5 Å². The van der Waals surface area contributed by atoms with Gasteiger partial charge in [-0.15, -0.1) is 8.78 Å². The lowest BCUT2D eigenvalue weighted by atomic mass is 9.85. The Hall–Kier alpha value is -3.77. The van der Waals surface area contributed by atoms with Crippen LogP contribution in [-0.2, 0) is 20.7 Å². The van der Waals surface area contributed by atoms with E-state index in [0.29, 0.717) is 24.1 Å². The number of carbonyl (C=O) groups excluding carboxylic acids is 3. The summed E-state index contributed by atoms with van der Waals surface area (Å²) in [7, 11) is 0. The summed E-state index contributed by atoms with van der Waals surface area (Å²) in [5.74, 6) is -0.971. The monoisotopic (exact) mass is 672 g/mol. The molecule has 6 atom stereocenters. The first-order valence-electron chi connectivity index (χ1n) is 17.3. The second-order valence-corrected chi connectivity index (χ2v) is 14.7. The summed E-state index contributed by atoms with van der Waals surface area (Å²) in [5, 5.41) is 2.86. The van der Waals surface area contributed by atoms with Gasteiger partial charge in [-0.05, 0) is 75.3 Å². The molecule has 1 saturated heterocycles. The summed E-state index contributed by atoms with van der Waals surface area (Å²) >= 11 is 0. The molecular weight excluding hydrogens is 626 g/mol. The van der Waals surface area contributed by atoms with Crippen molar-refractivity contribution < 1.29 is 42.1 Å². The van der Waals surface area contributed by atoms with Gasteiger partial charge in [-0.3, -0.25) is 9.59 Å². The highest BCUT2D eigenvalue weighted by atomic mass is 19.3. The van der Waals surface area contributed by atoms with Gasteiger partial charge in [0.05, 0.1) is 18.1 Å². The summed E-state index contributed by atoms with van der Waals surface area (Å²) in [5.41, 5.74) is 0.302. The first-order chi connectivity index (χ1) is 22.8. The van der Waals surface area contributed by atoms with Crippen LogP contribution in [0.2, 0.25) is 0 Å². The van der Waals surface area contributed by atoms with Crippen LogP contribution in [0.1, 0.15) is 98.1 Å². The number of carbonyl (C=O) groups is 3. The fourth-order valence-electron chi connectivity index (χ4n) is 7.83. The molecule has 48 heavy (non-hydrogen) atoms. The third-order valence-electron chi connectivity index (χ3n) is 10.2. The predicted molar refractivity (Wildman–Crippen MR) is 171 cm³/mol. The molecule has 4 aliphatic rings. The lowest BCUT2D eigenvalue weighted by Gasteiger charge is -2.35. The molecule has 1 aromatic heterocycles. The second kappa shape index (κ2) is 13.3. The van der Waals surface area contributed by atoms with E-state index in [1.165, 1.54) is 17.9 Å². The van der Waals surface area contributed by atoms with Gasteiger partial charge in [-0.2, -0.15) is 0 Å². The van der Waals surface area contributed by atoms with E-state index in [1.54, 1.807) is 6.07 Å². The number of ketones is 1. The van der Waals surface area contributed by atoms with Crippen LogP contribution in [0.15, 0.2) is 12.1 Å². The summed E-state index contributed by atoms with van der Waals surface area (Å²) in [6.07, 6.45) is 3.11. The molecule has 0 spiro atoms. The maximum absolute atomic E-state index is 14.4. The number of hydrogen-bond acceptors (Lipinski definition) is 9. The van der Waals surface area contributed by atoms with Crippen molar-refractivity contribution in [3.05, 3.63) is 17.8 Å². The van der Waals surface area contributed by atoms with Gasteiger partial charge in [-0.1, -0.05) is 47.0 Å². The van der Waals surface area contributed by atoms with E-state index >= 15 is 0 Å². The Morgan fingerprint density at radius 2 is 1.75 bits per heavy atom. The molecule has 1 saturated carbocycles. The molecule has 2 bridgehead atoms. The van der Waals surface area contributed by atoms with Crippen LogP contribution in [0.5, 0.6) is 17.4 Å². The highest BCUT2D eigenvalue weighted by Crippen LogP contribution is 2.45. The number of nitrogens with zero attached hydrogens (tertiary/aromatic N) is 3. The van der Waals surface area contributed by atoms with E-state index in [2.05, 4.69) is 15.0 Å². The van der Waals surface area contributed by atoms with Crippen LogP contribution in [0.4, 0.5) is 13.6 Å². The van der Waals surface area contributed by atoms with E-state index in [-0.39, 0.29) is 47.2 Å². The number of nitrogens with one attached hydrogen (secondary N) is 1. The van der Waals surface area contributed by atoms with Crippen LogP contribution in [0.3, 0.4) is 0 Å². The number of aromatic nitrogens is 2. The molecule has 1 aliphatic carbocycles. The maximum atomic E-state index is 14.4. The number of rotatable bonds is 2. The molecule has 11 nitrogen and oxygen atoms in total. The molecule has 1 N–H and O–H groups in total. The minimum absolute atomic E-state index is 0.0549. The SMILES string of the molecule is CCC1[C@@H]2CN(C(=O)[C@H](C(C)(C)C)NC(=O)O[C@@H]3CCC[C@H]3CCCCCCc3nc4ccc5c(c4nc3O2)OC(F)(F)O5)[C@@H]1C(C)=O. The summed E-state index contributed by atoms with van der Waals surface area (Å²) in [6, 6.07) is 1.18. The summed E-state index contributed by atoms with van der Waals surface area (Å²) in [6.45, 7) is 9.00. The van der Waals surface area contributed by atoms with Crippen molar-refractivity contribution in [2.75, 3.05) is 6.54 Å². The summed E-state index contributed by atoms with van der Waals surface area (Å²) in [4.78, 5) is 51.9. The smallest absolute Gasteiger partial charge is 0.471 e. The number of ether oxygens (including phenoxy) is 4. The minimum Gasteiger partial charge on any atom is -0.471 e. The van der Waals surface area contributed by atoms with Crippen molar-refractivity contribution in [3.8, 4) is 17.4 Å². The molecular formula is C35H46F2N4O7. The molecule has 2 amide bonds. The topological polar surface area (TPSA) is 129 Å². The maximum Gasteiger partial charge on any atom is 0.586 e. The van der Waals surface area contributed by atoms with Gasteiger partial charge in [0, 0.05) is 5.92 Å². The number of fused-ring (bicyclic) bond motifs is 7. The zero-order chi connectivity index (χ0) is 34.4. The fourth-order valence-corrected chi connectivity index (χ4v) is 7.83. The lowest BCUT2D eigenvalue weighted by molar-refractivity contribution is -0.286. The van der Waals surface area contributed by atoms with Gasteiger partial charge in [0.2, 0.25) is 17.5 Å². The van der Waals surface area contributed by atoms with Crippen LogP contribution < -0.4 is 19.5 Å². The van der Waals surface area contributed by atoms with E-state index in [9.17, 15) is 23.2 Å². The molecule has 4 heterocycles. The molecule has 2 fully saturated rings. The van der Waals surface area contributed by atoms with Crippen molar-refractivity contribution in [1.29, 1.82) is 0 Å². The van der Waals surface area contributed by atoms with Crippen LogP contribution in [0, 0.1) is 17.3 Å². The number of halogens is 2. The molecule has 1 aromatic carbocycles. The highest BCUT2D eigenvalue weighted by molar-refractivity contribution is 5.92. The van der Waals surface area contributed by atoms with E-state index < -0.39 is 47.8 Å². The Balaban J connectivity index is 1.39. The molecule has 13 heteroatoms. The number of amides is 2. The molecule has 0 radical (unpaired) electrons. The standard InChI is InChI=1S/C35H46F2N4O7/c1-6-21-26-18-41(28(21)19(2)42)32(43)30(34(3,4)5)40-33(44)46-24-15-11-13-20(24)12-9-7-8-10-14-23-31(45-26)39-27-22(38-23)16-17-25-29(27)48-35(36,37)47-25/h16-17,20-21,24,26,28,30H,6-15,18H2,1-5H3,(H,40,44)/t20-,21?,24-,26+,28-,30-/m1/s1. The van der Waals surface area contributed by atoms with E-state index in [0.717, 1.165) is 51.4 Å². The van der Waals surface area contributed by atoms with Gasteiger partial charge < -0.3 is 29.2 Å². The average molecular weight is 673 g/mol. The second-order valence-electron chi connectivity index (χ2n) is 14.7. The number of aryl methyl sites for hydroxylation is 1. The van der Waals surface area contributed by atoms with E-state index in [1.807, 2.05) is 27.7 Å². The van der Waals surface area contributed by atoms with Crippen molar-refractivity contribution >= 4 is 28.8 Å². The number of alkyl halides is 2. The van der Waals surface area contributed by atoms with Crippen LogP contribution in [-0.4, -0.2) is 69.8 Å². The molecule has 262 valence electrons. The highest BCUT2D eigenvalue weighted by Gasteiger charge is 2.50. The fraction of sp³-hybridized carbons (Fsp3) is 0.686. The molecule has 3 aliphatic heterocycles. The minimum atomic E-state index is -3.84. The van der Waals surface area contributed by atoms with Crippen LogP contribution >= 0.6 is 0 Å². The zero-order valence-corrected chi connectivity index (χ0v) is 28.4. The van der Waals surface area contributed by atoms with E-state index in [4.69, 9.17) is 19.2 Å². The van der Waals surface area contributed by atoms with Crippen molar-refractivity contribution in [2.45, 2.75) is 129 Å². The third kappa shape index (κ3) is 6.87. The molecule has 1 unspecified atom stereocenters. The van der Waals surface area contributed by atoms with Gasteiger partial charge >= 0.3 is 12.4 Å². The quantitative estimate of drug-likeness (QED) is 0.389. The largest absolute Gasteiger partial charge is 0.586 e. The molecule has 2 aromatic rings. The van der Waals surface area contributed by atoms with Crippen molar-refractivity contribution in [3.63, 3.8) is 0 Å². The third-order valence-corrected chi connectivity index (χ3v) is 10.2. The van der Waals surface area contributed by atoms with Crippen molar-refractivity contribution in [2.24, 2.45) is 17.3 Å². The number of benzene rings is 1. The number of alkyl carbamates (subject to hydrolysis) is 1. The Labute approximate surface area is 279 Å². The summed E-state index contributed by atoms with van der Waals surface area (Å²) < 4.78 is 50.1. The predicted octanol–water partition coefficient (Wildman–Crippen LogP) is 6.34. The zero-order valence-electron chi connectivity index (χ0n) is 28.4. The molecule has 6 rings (SSSR count). The Bertz CT molecular complexity index is 1560. The Kier molecular flexibility index (Phi) is 9.43. The number of hydrogen-bond donors (Lipinski definition) is 1. The Morgan fingerprint density at radius 3 is 2.48 bits per heavy atom. The van der Waals surface area contributed by atoms with Gasteiger partial charge in [-0.25, -0.2) is 14.8 Å². The average Bonchev–Trinajstić information content (AvgIpc) is 3.70. The van der Waals surface area contributed by atoms with Crippen LogP contribution in [0.25, 0.3) is 11.0 Å². The normalized spacial score (nSPS) is 29.5. The van der Waals surface area contributed by atoms with Crippen molar-refractivity contribution in [1.82, 2.24) is 20.2 Å². The first-order valence-corrected chi connectivity index (χ1v) is 17.3. The lowest BCUT2D eigenvalue weighted by Crippen LogP contribution is -2.57.